The molecule has 0 heterocycles. The summed E-state index contributed by atoms with van der Waals surface area (Å²) in [7, 11) is 1.79. The minimum Gasteiger partial charge on any atom is -0.361 e. The number of rotatable bonds is 3. The van der Waals surface area contributed by atoms with Gasteiger partial charge in [0, 0.05) is 7.05 Å². The maximum atomic E-state index is 9.81. The van der Waals surface area contributed by atoms with Gasteiger partial charge in [-0.15, -0.1) is 0 Å². The molecule has 0 aromatic heterocycles. The Labute approximate surface area is 60.8 Å². The molecule has 2 nitrogen and oxygen atoms in total. The van der Waals surface area contributed by atoms with E-state index in [4.69, 9.17) is 12.2 Å². The summed E-state index contributed by atoms with van der Waals surface area (Å²) >= 11 is 4.89. The van der Waals surface area contributed by atoms with Crippen LogP contribution >= 0.6 is 12.2 Å². The zero-order chi connectivity index (χ0) is 7.28. The molecule has 9 heavy (non-hydrogen) atoms. The second-order valence-corrected chi connectivity index (χ2v) is 2.22. The van der Waals surface area contributed by atoms with E-state index in [1.807, 2.05) is 6.92 Å². The van der Waals surface area contributed by atoms with Crippen molar-refractivity contribution >= 4 is 23.5 Å². The highest BCUT2D eigenvalue weighted by Crippen LogP contribution is 1.89. The highest BCUT2D eigenvalue weighted by Gasteiger charge is 1.98. The first-order valence-corrected chi connectivity index (χ1v) is 3.22. The van der Waals surface area contributed by atoms with Gasteiger partial charge in [0.15, 0.2) is 0 Å². The highest BCUT2D eigenvalue weighted by atomic mass is 32.1. The van der Waals surface area contributed by atoms with Crippen molar-refractivity contribution in [3.8, 4) is 0 Å². The predicted octanol–water partition coefficient (Wildman–Crippen LogP) is 0.765. The van der Waals surface area contributed by atoms with Gasteiger partial charge < -0.3 is 4.90 Å². The Hall–Kier alpha value is -0.440. The van der Waals surface area contributed by atoms with E-state index >= 15 is 0 Å². The molecular formula is C6H10NOS. The third kappa shape index (κ3) is 3.19. The van der Waals surface area contributed by atoms with Gasteiger partial charge in [0.05, 0.1) is 11.5 Å². The molecule has 0 atom stereocenters. The molecule has 0 aliphatic carbocycles. The van der Waals surface area contributed by atoms with Gasteiger partial charge in [0.1, 0.15) is 0 Å². The van der Waals surface area contributed by atoms with E-state index in [1.54, 1.807) is 18.2 Å². The second-order valence-electron chi connectivity index (χ2n) is 1.75. The molecule has 0 aliphatic heterocycles. The molecule has 0 aromatic carbocycles. The maximum Gasteiger partial charge on any atom is 0.219 e. The van der Waals surface area contributed by atoms with Crippen LogP contribution in [0, 0.1) is 0 Å². The number of hydrogen-bond acceptors (Lipinski definition) is 2. The monoisotopic (exact) mass is 144 g/mol. The first-order chi connectivity index (χ1) is 4.22. The number of carbonyl (C=O) groups excluding carboxylic acids is 1. The van der Waals surface area contributed by atoms with Gasteiger partial charge in [-0.2, -0.15) is 0 Å². The molecule has 0 saturated heterocycles. The molecule has 0 amide bonds. The van der Waals surface area contributed by atoms with Crippen molar-refractivity contribution in [3.63, 3.8) is 0 Å². The van der Waals surface area contributed by atoms with Crippen molar-refractivity contribution in [2.24, 2.45) is 0 Å². The van der Waals surface area contributed by atoms with Gasteiger partial charge >= 0.3 is 0 Å². The summed E-state index contributed by atoms with van der Waals surface area (Å²) in [6, 6.07) is 0. The summed E-state index contributed by atoms with van der Waals surface area (Å²) in [5.74, 6) is 0. The molecule has 51 valence electrons. The summed E-state index contributed by atoms with van der Waals surface area (Å²) < 4.78 is 0. The summed E-state index contributed by atoms with van der Waals surface area (Å²) in [5, 5.41) is 0. The van der Waals surface area contributed by atoms with Crippen LogP contribution in [0.1, 0.15) is 13.3 Å². The van der Waals surface area contributed by atoms with Crippen LogP contribution in [-0.4, -0.2) is 29.8 Å². The fourth-order valence-corrected chi connectivity index (χ4v) is 0.519. The molecule has 0 rings (SSSR count). The molecule has 0 saturated carbocycles. The average molecular weight is 144 g/mol. The molecule has 0 N–H and O–H groups in total. The van der Waals surface area contributed by atoms with Crippen LogP contribution in [0.25, 0.3) is 0 Å². The van der Waals surface area contributed by atoms with E-state index in [0.717, 1.165) is 11.4 Å². The molecule has 0 bridgehead atoms. The third-order valence-corrected chi connectivity index (χ3v) is 1.63. The number of likely N-dealkylation sites (N-methyl/N-ethyl adjacent to an activating group) is 1. The van der Waals surface area contributed by atoms with Crippen LogP contribution in [0.5, 0.6) is 0 Å². The lowest BCUT2D eigenvalue weighted by atomic mass is 10.4. The molecule has 0 aliphatic rings. The zero-order valence-corrected chi connectivity index (χ0v) is 6.49. The van der Waals surface area contributed by atoms with Crippen molar-refractivity contribution in [2.45, 2.75) is 13.3 Å². The molecule has 3 heteroatoms. The van der Waals surface area contributed by atoms with Gasteiger partial charge in [-0.3, -0.25) is 4.79 Å². The molecule has 0 unspecified atom stereocenters. The van der Waals surface area contributed by atoms with Gasteiger partial charge in [-0.05, 0) is 6.42 Å². The smallest absolute Gasteiger partial charge is 0.219 e. The van der Waals surface area contributed by atoms with E-state index in [0.29, 0.717) is 0 Å². The van der Waals surface area contributed by atoms with E-state index in [-0.39, 0.29) is 6.54 Å². The van der Waals surface area contributed by atoms with E-state index in [1.165, 1.54) is 0 Å². The first-order valence-electron chi connectivity index (χ1n) is 2.81. The Morgan fingerprint density at radius 1 is 1.78 bits per heavy atom. The highest BCUT2D eigenvalue weighted by molar-refractivity contribution is 7.80. The first kappa shape index (κ1) is 8.56. The summed E-state index contributed by atoms with van der Waals surface area (Å²) in [5.41, 5.74) is 0. The minimum absolute atomic E-state index is 0.284. The van der Waals surface area contributed by atoms with Crippen LogP contribution < -0.4 is 0 Å². The topological polar surface area (TPSA) is 20.3 Å². The number of hydrogen-bond donors (Lipinski definition) is 0. The van der Waals surface area contributed by atoms with Crippen molar-refractivity contribution in [1.29, 1.82) is 0 Å². The Morgan fingerprint density at radius 3 is 2.67 bits per heavy atom. The maximum absolute atomic E-state index is 9.81. The van der Waals surface area contributed by atoms with Gasteiger partial charge in [0.2, 0.25) is 6.29 Å². The van der Waals surface area contributed by atoms with E-state index < -0.39 is 0 Å². The van der Waals surface area contributed by atoms with Crippen molar-refractivity contribution in [1.82, 2.24) is 4.90 Å². The quantitative estimate of drug-likeness (QED) is 0.545. The Morgan fingerprint density at radius 2 is 2.33 bits per heavy atom. The lowest BCUT2D eigenvalue weighted by Crippen LogP contribution is -2.25. The molecule has 0 aromatic rings. The molecule has 0 fully saturated rings. The summed E-state index contributed by atoms with van der Waals surface area (Å²) in [6.07, 6.45) is 2.58. The Kier molecular flexibility index (Phi) is 4.22. The average Bonchev–Trinajstić information content (AvgIpc) is 1.87. The van der Waals surface area contributed by atoms with E-state index in [2.05, 4.69) is 0 Å². The fraction of sp³-hybridized carbons (Fsp3) is 0.667. The van der Waals surface area contributed by atoms with Gasteiger partial charge in [-0.1, -0.05) is 19.1 Å². The normalized spacial score (nSPS) is 8.67. The molecular weight excluding hydrogens is 134 g/mol. The minimum atomic E-state index is 0.284. The third-order valence-electron chi connectivity index (χ3n) is 1.03. The summed E-state index contributed by atoms with van der Waals surface area (Å²) in [6.45, 7) is 2.25. The SMILES string of the molecule is CCC(=S)N(C)C[C]=O. The molecule has 1 radical (unpaired) electrons. The lowest BCUT2D eigenvalue weighted by Gasteiger charge is -2.13. The van der Waals surface area contributed by atoms with Crippen molar-refractivity contribution in [3.05, 3.63) is 0 Å². The van der Waals surface area contributed by atoms with Crippen molar-refractivity contribution < 1.29 is 4.79 Å². The van der Waals surface area contributed by atoms with Crippen LogP contribution in [-0.2, 0) is 4.79 Å². The van der Waals surface area contributed by atoms with Crippen molar-refractivity contribution in [2.75, 3.05) is 13.6 Å². The van der Waals surface area contributed by atoms with Crippen LogP contribution in [0.3, 0.4) is 0 Å². The zero-order valence-electron chi connectivity index (χ0n) is 5.68. The number of thiocarbonyl (C=S) groups is 1. The van der Waals surface area contributed by atoms with Gasteiger partial charge in [0.25, 0.3) is 0 Å². The van der Waals surface area contributed by atoms with Crippen LogP contribution in [0.2, 0.25) is 0 Å². The predicted molar refractivity (Wildman–Crippen MR) is 41.2 cm³/mol. The van der Waals surface area contributed by atoms with Crippen LogP contribution in [0.4, 0.5) is 0 Å². The fourth-order valence-electron chi connectivity index (χ4n) is 0.455. The Balaban J connectivity index is 3.58. The standard InChI is InChI=1S/C6H10NOS/c1-3-6(9)7(2)4-5-8/h3-4H2,1-2H3. The van der Waals surface area contributed by atoms with E-state index in [9.17, 15) is 4.79 Å². The summed E-state index contributed by atoms with van der Waals surface area (Å²) in [4.78, 5) is 12.3. The Bertz CT molecular complexity index is 114. The second kappa shape index (κ2) is 4.44. The largest absolute Gasteiger partial charge is 0.361 e. The molecule has 0 spiro atoms. The van der Waals surface area contributed by atoms with Crippen LogP contribution in [0.15, 0.2) is 0 Å². The number of nitrogens with zero attached hydrogens (tertiary/aromatic N) is 1. The lowest BCUT2D eigenvalue weighted by molar-refractivity contribution is 0.512. The van der Waals surface area contributed by atoms with Gasteiger partial charge in [-0.25, -0.2) is 0 Å².